The van der Waals surface area contributed by atoms with Gasteiger partial charge in [0.15, 0.2) is 0 Å². The second kappa shape index (κ2) is 3.42. The van der Waals surface area contributed by atoms with Gasteiger partial charge in [-0.25, -0.2) is 0 Å². The summed E-state index contributed by atoms with van der Waals surface area (Å²) in [5, 5.41) is 7.80. The fourth-order valence-corrected chi connectivity index (χ4v) is 1.81. The van der Waals surface area contributed by atoms with Crippen LogP contribution in [0.3, 0.4) is 0 Å². The number of nitrogens with zero attached hydrogens (tertiary/aromatic N) is 3. The molecule has 0 atom stereocenters. The highest BCUT2D eigenvalue weighted by Crippen LogP contribution is 2.31. The van der Waals surface area contributed by atoms with Gasteiger partial charge in [0.2, 0.25) is 5.89 Å². The lowest BCUT2D eigenvalue weighted by Gasteiger charge is -2.17. The summed E-state index contributed by atoms with van der Waals surface area (Å²) in [5.41, 5.74) is 0.343. The molecule has 0 aliphatic carbocycles. The molecule has 14 heavy (non-hydrogen) atoms. The minimum Gasteiger partial charge on any atom is -0.407 e. The van der Waals surface area contributed by atoms with E-state index >= 15 is 0 Å². The number of rotatable bonds is 2. The van der Waals surface area contributed by atoms with Gasteiger partial charge >= 0.3 is 6.01 Å². The monoisotopic (exact) mass is 215 g/mol. The van der Waals surface area contributed by atoms with Crippen molar-refractivity contribution in [2.75, 3.05) is 18.0 Å². The van der Waals surface area contributed by atoms with Gasteiger partial charge in [0.1, 0.15) is 5.88 Å². The predicted molar refractivity (Wildman–Crippen MR) is 54.5 cm³/mol. The zero-order valence-corrected chi connectivity index (χ0v) is 9.21. The summed E-state index contributed by atoms with van der Waals surface area (Å²) in [6, 6.07) is 0.603. The Labute approximate surface area is 88.2 Å². The minimum absolute atomic E-state index is 0.282. The molecule has 2 rings (SSSR count). The Kier molecular flexibility index (Phi) is 2.39. The van der Waals surface area contributed by atoms with Crippen LogP contribution in [0.5, 0.6) is 0 Å². The van der Waals surface area contributed by atoms with Gasteiger partial charge in [-0.15, -0.1) is 16.7 Å². The third-order valence-electron chi connectivity index (χ3n) is 2.52. The van der Waals surface area contributed by atoms with Crippen molar-refractivity contribution in [2.45, 2.75) is 26.1 Å². The van der Waals surface area contributed by atoms with Crippen LogP contribution in [0.1, 0.15) is 26.2 Å². The molecular weight excluding hydrogens is 202 g/mol. The van der Waals surface area contributed by atoms with Crippen molar-refractivity contribution in [3.63, 3.8) is 0 Å². The van der Waals surface area contributed by atoms with Crippen LogP contribution >= 0.6 is 11.6 Å². The SMILES string of the molecule is CC1(C)CCN(c2nnc(CCl)o2)C1. The van der Waals surface area contributed by atoms with E-state index in [1.165, 1.54) is 0 Å². The zero-order chi connectivity index (χ0) is 10.2. The van der Waals surface area contributed by atoms with Gasteiger partial charge in [-0.3, -0.25) is 0 Å². The Hall–Kier alpha value is -0.770. The molecule has 4 nitrogen and oxygen atoms in total. The summed E-state index contributed by atoms with van der Waals surface area (Å²) in [7, 11) is 0. The molecule has 1 saturated heterocycles. The van der Waals surface area contributed by atoms with E-state index < -0.39 is 0 Å². The lowest BCUT2D eigenvalue weighted by molar-refractivity contribution is 0.414. The Morgan fingerprint density at radius 3 is 2.79 bits per heavy atom. The molecule has 5 heteroatoms. The van der Waals surface area contributed by atoms with Gasteiger partial charge in [-0.2, -0.15) is 0 Å². The highest BCUT2D eigenvalue weighted by molar-refractivity contribution is 6.16. The first-order valence-electron chi connectivity index (χ1n) is 4.74. The predicted octanol–water partition coefficient (Wildman–Crippen LogP) is 2.04. The smallest absolute Gasteiger partial charge is 0.318 e. The molecule has 78 valence electrons. The van der Waals surface area contributed by atoms with Crippen molar-refractivity contribution in [1.82, 2.24) is 10.2 Å². The molecule has 0 N–H and O–H groups in total. The molecule has 0 amide bonds. The molecule has 2 heterocycles. The maximum Gasteiger partial charge on any atom is 0.318 e. The van der Waals surface area contributed by atoms with Gasteiger partial charge in [0.05, 0.1) is 0 Å². The summed E-state index contributed by atoms with van der Waals surface area (Å²) >= 11 is 5.59. The quantitative estimate of drug-likeness (QED) is 0.709. The molecule has 1 aliphatic rings. The van der Waals surface area contributed by atoms with Gasteiger partial charge in [0.25, 0.3) is 0 Å². The first kappa shape index (κ1) is 9.77. The van der Waals surface area contributed by atoms with Crippen LogP contribution in [0.15, 0.2) is 4.42 Å². The van der Waals surface area contributed by atoms with Crippen LogP contribution in [-0.4, -0.2) is 23.3 Å². The van der Waals surface area contributed by atoms with Crippen molar-refractivity contribution < 1.29 is 4.42 Å². The molecule has 0 spiro atoms. The van der Waals surface area contributed by atoms with Crippen LogP contribution in [0.2, 0.25) is 0 Å². The summed E-state index contributed by atoms with van der Waals surface area (Å²) in [4.78, 5) is 2.11. The molecule has 0 aromatic carbocycles. The zero-order valence-electron chi connectivity index (χ0n) is 8.46. The summed E-state index contributed by atoms with van der Waals surface area (Å²) < 4.78 is 5.38. The van der Waals surface area contributed by atoms with Crippen molar-refractivity contribution >= 4 is 17.6 Å². The molecule has 1 fully saturated rings. The van der Waals surface area contributed by atoms with Gasteiger partial charge in [-0.1, -0.05) is 18.9 Å². The normalized spacial score (nSPS) is 20.4. The number of anilines is 1. The molecule has 0 bridgehead atoms. The molecule has 0 saturated carbocycles. The lowest BCUT2D eigenvalue weighted by atomic mass is 9.93. The van der Waals surface area contributed by atoms with Crippen LogP contribution in [-0.2, 0) is 5.88 Å². The van der Waals surface area contributed by atoms with E-state index in [9.17, 15) is 0 Å². The van der Waals surface area contributed by atoms with Crippen molar-refractivity contribution in [3.05, 3.63) is 5.89 Å². The fourth-order valence-electron chi connectivity index (χ4n) is 1.70. The Morgan fingerprint density at radius 2 is 2.29 bits per heavy atom. The minimum atomic E-state index is 0.282. The number of aromatic nitrogens is 2. The number of alkyl halides is 1. The third kappa shape index (κ3) is 1.85. The van der Waals surface area contributed by atoms with E-state index in [4.69, 9.17) is 16.0 Å². The van der Waals surface area contributed by atoms with Crippen LogP contribution in [0, 0.1) is 5.41 Å². The molecule has 1 aromatic heterocycles. The average molecular weight is 216 g/mol. The second-order valence-corrected chi connectivity index (χ2v) is 4.72. The standard InChI is InChI=1S/C9H14ClN3O/c1-9(2)3-4-13(6-9)8-12-11-7(5-10)14-8/h3-6H2,1-2H3. The molecular formula is C9H14ClN3O. The molecule has 1 aromatic rings. The summed E-state index contributed by atoms with van der Waals surface area (Å²) in [6.07, 6.45) is 1.16. The van der Waals surface area contributed by atoms with Crippen molar-refractivity contribution in [1.29, 1.82) is 0 Å². The summed E-state index contributed by atoms with van der Waals surface area (Å²) in [6.45, 7) is 6.44. The van der Waals surface area contributed by atoms with E-state index in [1.54, 1.807) is 0 Å². The maximum atomic E-state index is 5.59. The first-order chi connectivity index (χ1) is 6.61. The summed E-state index contributed by atoms with van der Waals surface area (Å²) in [5.74, 6) is 0.774. The first-order valence-corrected chi connectivity index (χ1v) is 5.27. The molecule has 0 unspecified atom stereocenters. The maximum absolute atomic E-state index is 5.59. The Balaban J connectivity index is 2.09. The number of hydrogen-bond acceptors (Lipinski definition) is 4. The second-order valence-electron chi connectivity index (χ2n) is 4.45. The Bertz CT molecular complexity index is 324. The lowest BCUT2D eigenvalue weighted by Crippen LogP contribution is -2.22. The van der Waals surface area contributed by atoms with E-state index in [-0.39, 0.29) is 5.88 Å². The van der Waals surface area contributed by atoms with E-state index in [2.05, 4.69) is 28.9 Å². The highest BCUT2D eigenvalue weighted by Gasteiger charge is 2.31. The molecule has 0 radical (unpaired) electrons. The largest absolute Gasteiger partial charge is 0.407 e. The Morgan fingerprint density at radius 1 is 1.50 bits per heavy atom. The number of halogens is 1. The van der Waals surface area contributed by atoms with Gasteiger partial charge < -0.3 is 9.32 Å². The average Bonchev–Trinajstić information content (AvgIpc) is 2.70. The van der Waals surface area contributed by atoms with Crippen LogP contribution < -0.4 is 4.90 Å². The van der Waals surface area contributed by atoms with Crippen molar-refractivity contribution in [2.24, 2.45) is 5.41 Å². The fraction of sp³-hybridized carbons (Fsp3) is 0.778. The van der Waals surface area contributed by atoms with E-state index in [1.807, 2.05) is 0 Å². The topological polar surface area (TPSA) is 42.2 Å². The molecule has 1 aliphatic heterocycles. The number of hydrogen-bond donors (Lipinski definition) is 0. The third-order valence-corrected chi connectivity index (χ3v) is 2.75. The van der Waals surface area contributed by atoms with Gasteiger partial charge in [-0.05, 0) is 11.8 Å². The van der Waals surface area contributed by atoms with E-state index in [0.29, 0.717) is 17.3 Å². The highest BCUT2D eigenvalue weighted by atomic mass is 35.5. The van der Waals surface area contributed by atoms with Crippen LogP contribution in [0.4, 0.5) is 6.01 Å². The van der Waals surface area contributed by atoms with Crippen LogP contribution in [0.25, 0.3) is 0 Å². The van der Waals surface area contributed by atoms with E-state index in [0.717, 1.165) is 19.5 Å². The van der Waals surface area contributed by atoms with Gasteiger partial charge in [0, 0.05) is 13.1 Å². The van der Waals surface area contributed by atoms with Crippen molar-refractivity contribution in [3.8, 4) is 0 Å².